The second kappa shape index (κ2) is 6.24. The van der Waals surface area contributed by atoms with E-state index in [0.29, 0.717) is 13.0 Å². The van der Waals surface area contributed by atoms with Crippen LogP contribution >= 0.6 is 0 Å². The molecule has 0 spiro atoms. The van der Waals surface area contributed by atoms with E-state index in [4.69, 9.17) is 14.9 Å². The van der Waals surface area contributed by atoms with Crippen LogP contribution in [-0.4, -0.2) is 19.6 Å². The molecule has 1 aromatic heterocycles. The predicted molar refractivity (Wildman–Crippen MR) is 72.9 cm³/mol. The molecule has 2 aromatic rings. The molecular formula is C14H18N2O3. The van der Waals surface area contributed by atoms with E-state index >= 15 is 0 Å². The fraction of sp³-hybridized carbons (Fsp3) is 0.357. The van der Waals surface area contributed by atoms with Crippen LogP contribution in [0.3, 0.4) is 0 Å². The van der Waals surface area contributed by atoms with Gasteiger partial charge in [0.15, 0.2) is 11.3 Å². The van der Waals surface area contributed by atoms with Gasteiger partial charge < -0.3 is 20.2 Å². The number of nitrogens with one attached hydrogen (secondary N) is 1. The topological polar surface area (TPSA) is 77.5 Å². The summed E-state index contributed by atoms with van der Waals surface area (Å²) in [6.07, 6.45) is 1.14. The normalized spacial score (nSPS) is 10.8. The first-order valence-corrected chi connectivity index (χ1v) is 6.25. The van der Waals surface area contributed by atoms with E-state index in [1.807, 2.05) is 24.3 Å². The highest BCUT2D eigenvalue weighted by Gasteiger charge is 2.07. The number of primary amides is 1. The van der Waals surface area contributed by atoms with Gasteiger partial charge in [-0.3, -0.25) is 4.79 Å². The van der Waals surface area contributed by atoms with Crippen molar-refractivity contribution >= 4 is 16.9 Å². The van der Waals surface area contributed by atoms with Crippen LogP contribution in [0, 0.1) is 0 Å². The lowest BCUT2D eigenvalue weighted by Gasteiger charge is -2.01. The zero-order chi connectivity index (χ0) is 13.7. The molecule has 2 rings (SSSR count). The Hall–Kier alpha value is -2.01. The first-order chi connectivity index (χ1) is 9.20. The van der Waals surface area contributed by atoms with Crippen molar-refractivity contribution in [2.45, 2.75) is 19.4 Å². The Bertz CT molecular complexity index is 563. The van der Waals surface area contributed by atoms with Crippen LogP contribution in [0.1, 0.15) is 18.6 Å². The standard InChI is InChI=1S/C14H18N2O3/c1-18-12-5-2-4-10-8-11(19-14(10)12)9-16-7-3-6-13(15)17/h2,4-5,8,16H,3,6-7,9H2,1H3,(H2,15,17). The van der Waals surface area contributed by atoms with Crippen LogP contribution < -0.4 is 15.8 Å². The van der Waals surface area contributed by atoms with Crippen molar-refractivity contribution in [2.75, 3.05) is 13.7 Å². The molecule has 1 amide bonds. The molecule has 0 radical (unpaired) electrons. The maximum Gasteiger partial charge on any atom is 0.217 e. The highest BCUT2D eigenvalue weighted by molar-refractivity contribution is 5.83. The van der Waals surface area contributed by atoms with Gasteiger partial charge in [0.25, 0.3) is 0 Å². The van der Waals surface area contributed by atoms with E-state index in [1.165, 1.54) is 0 Å². The summed E-state index contributed by atoms with van der Waals surface area (Å²) in [7, 11) is 1.62. The first-order valence-electron chi connectivity index (χ1n) is 6.25. The largest absolute Gasteiger partial charge is 0.493 e. The summed E-state index contributed by atoms with van der Waals surface area (Å²) < 4.78 is 11.0. The van der Waals surface area contributed by atoms with Gasteiger partial charge in [-0.05, 0) is 25.1 Å². The summed E-state index contributed by atoms with van der Waals surface area (Å²) in [6.45, 7) is 1.35. The van der Waals surface area contributed by atoms with Crippen molar-refractivity contribution in [3.05, 3.63) is 30.0 Å². The van der Waals surface area contributed by atoms with Gasteiger partial charge in [0, 0.05) is 11.8 Å². The Morgan fingerprint density at radius 2 is 2.32 bits per heavy atom. The maximum absolute atomic E-state index is 10.6. The third-order valence-electron chi connectivity index (χ3n) is 2.85. The SMILES string of the molecule is COc1cccc2cc(CNCCCC(N)=O)oc12. The Kier molecular flexibility index (Phi) is 4.41. The monoisotopic (exact) mass is 262 g/mol. The number of hydrogen-bond acceptors (Lipinski definition) is 4. The fourth-order valence-electron chi connectivity index (χ4n) is 1.94. The van der Waals surface area contributed by atoms with E-state index in [-0.39, 0.29) is 5.91 Å². The van der Waals surface area contributed by atoms with Crippen LogP contribution in [0.4, 0.5) is 0 Å². The Balaban J connectivity index is 1.92. The Labute approximate surface area is 111 Å². The lowest BCUT2D eigenvalue weighted by Crippen LogP contribution is -2.17. The molecule has 5 nitrogen and oxygen atoms in total. The molecule has 0 saturated heterocycles. The Morgan fingerprint density at radius 3 is 3.05 bits per heavy atom. The molecule has 102 valence electrons. The van der Waals surface area contributed by atoms with Crippen molar-refractivity contribution < 1.29 is 13.9 Å². The van der Waals surface area contributed by atoms with Crippen LogP contribution in [0.15, 0.2) is 28.7 Å². The lowest BCUT2D eigenvalue weighted by atomic mass is 10.2. The molecule has 0 unspecified atom stereocenters. The smallest absolute Gasteiger partial charge is 0.217 e. The lowest BCUT2D eigenvalue weighted by molar-refractivity contribution is -0.118. The van der Waals surface area contributed by atoms with Crippen LogP contribution in [0.25, 0.3) is 11.0 Å². The molecule has 0 aliphatic carbocycles. The maximum atomic E-state index is 10.6. The van der Waals surface area contributed by atoms with Gasteiger partial charge in [0.05, 0.1) is 13.7 Å². The number of benzene rings is 1. The van der Waals surface area contributed by atoms with Crippen molar-refractivity contribution in [1.29, 1.82) is 0 Å². The van der Waals surface area contributed by atoms with Crippen molar-refractivity contribution in [1.82, 2.24) is 5.32 Å². The number of methoxy groups -OCH3 is 1. The van der Waals surface area contributed by atoms with Gasteiger partial charge in [-0.15, -0.1) is 0 Å². The van der Waals surface area contributed by atoms with Crippen molar-refractivity contribution in [3.8, 4) is 5.75 Å². The Morgan fingerprint density at radius 1 is 1.47 bits per heavy atom. The highest BCUT2D eigenvalue weighted by atomic mass is 16.5. The number of furan rings is 1. The predicted octanol–water partition coefficient (Wildman–Crippen LogP) is 1.80. The van der Waals surface area contributed by atoms with E-state index in [9.17, 15) is 4.79 Å². The van der Waals surface area contributed by atoms with Crippen molar-refractivity contribution in [3.63, 3.8) is 0 Å². The van der Waals surface area contributed by atoms with Gasteiger partial charge in [-0.1, -0.05) is 12.1 Å². The van der Waals surface area contributed by atoms with Gasteiger partial charge in [-0.25, -0.2) is 0 Å². The molecular weight excluding hydrogens is 244 g/mol. The number of amides is 1. The minimum atomic E-state index is -0.268. The average molecular weight is 262 g/mol. The fourth-order valence-corrected chi connectivity index (χ4v) is 1.94. The zero-order valence-electron chi connectivity index (χ0n) is 10.9. The van der Waals surface area contributed by atoms with E-state index in [1.54, 1.807) is 7.11 Å². The molecule has 3 N–H and O–H groups in total. The first kappa shape index (κ1) is 13.4. The summed E-state index contributed by atoms with van der Waals surface area (Å²) in [5.74, 6) is 1.31. The van der Waals surface area contributed by atoms with E-state index in [2.05, 4.69) is 5.32 Å². The number of ether oxygens (including phenoxy) is 1. The summed E-state index contributed by atoms with van der Waals surface area (Å²) in [5.41, 5.74) is 5.83. The molecule has 0 fully saturated rings. The number of nitrogens with two attached hydrogens (primary N) is 1. The molecule has 1 aromatic carbocycles. The highest BCUT2D eigenvalue weighted by Crippen LogP contribution is 2.28. The number of carbonyl (C=O) groups is 1. The minimum absolute atomic E-state index is 0.268. The number of rotatable bonds is 7. The third-order valence-corrected chi connectivity index (χ3v) is 2.85. The van der Waals surface area contributed by atoms with Gasteiger partial charge in [0.1, 0.15) is 5.76 Å². The summed E-state index contributed by atoms with van der Waals surface area (Å²) in [5, 5.41) is 4.23. The van der Waals surface area contributed by atoms with Gasteiger partial charge >= 0.3 is 0 Å². The van der Waals surface area contributed by atoms with Crippen molar-refractivity contribution in [2.24, 2.45) is 5.73 Å². The van der Waals surface area contributed by atoms with Crippen LogP contribution in [-0.2, 0) is 11.3 Å². The molecule has 0 bridgehead atoms. The molecule has 5 heteroatoms. The van der Waals surface area contributed by atoms with Gasteiger partial charge in [-0.2, -0.15) is 0 Å². The molecule has 0 aliphatic heterocycles. The number of para-hydroxylation sites is 1. The van der Waals surface area contributed by atoms with E-state index in [0.717, 1.165) is 35.4 Å². The number of hydrogen-bond donors (Lipinski definition) is 2. The summed E-state index contributed by atoms with van der Waals surface area (Å²) in [4.78, 5) is 10.6. The zero-order valence-corrected chi connectivity index (χ0v) is 10.9. The summed E-state index contributed by atoms with van der Waals surface area (Å²) in [6, 6.07) is 7.77. The quantitative estimate of drug-likeness (QED) is 0.746. The number of fused-ring (bicyclic) bond motifs is 1. The molecule has 0 aliphatic rings. The van der Waals surface area contributed by atoms with Crippen LogP contribution in [0.2, 0.25) is 0 Å². The van der Waals surface area contributed by atoms with Gasteiger partial charge in [0.2, 0.25) is 5.91 Å². The third kappa shape index (κ3) is 3.48. The number of carbonyl (C=O) groups excluding carboxylic acids is 1. The average Bonchev–Trinajstić information content (AvgIpc) is 2.80. The minimum Gasteiger partial charge on any atom is -0.493 e. The van der Waals surface area contributed by atoms with Crippen LogP contribution in [0.5, 0.6) is 5.75 Å². The second-order valence-electron chi connectivity index (χ2n) is 4.34. The van der Waals surface area contributed by atoms with E-state index < -0.39 is 0 Å². The molecule has 1 heterocycles. The summed E-state index contributed by atoms with van der Waals surface area (Å²) >= 11 is 0. The molecule has 0 saturated carbocycles. The molecule has 19 heavy (non-hydrogen) atoms. The second-order valence-corrected chi connectivity index (χ2v) is 4.34. The molecule has 0 atom stereocenters.